The lowest BCUT2D eigenvalue weighted by molar-refractivity contribution is -0.117. The summed E-state index contributed by atoms with van der Waals surface area (Å²) < 4.78 is 5.43. The largest absolute Gasteiger partial charge is 0.492 e. The summed E-state index contributed by atoms with van der Waals surface area (Å²) in [5, 5.41) is 20.6. The van der Waals surface area contributed by atoms with Crippen molar-refractivity contribution >= 4 is 11.6 Å². The van der Waals surface area contributed by atoms with Crippen LogP contribution in [-0.4, -0.2) is 60.5 Å². The van der Waals surface area contributed by atoms with Gasteiger partial charge in [0, 0.05) is 13.1 Å². The Hall–Kier alpha value is -1.63. The van der Waals surface area contributed by atoms with Crippen molar-refractivity contribution in [1.29, 1.82) is 0 Å². The number of aliphatic hydroxyl groups excluding tert-OH is 2. The van der Waals surface area contributed by atoms with Gasteiger partial charge in [0.05, 0.1) is 32.1 Å². The number of aliphatic hydroxyl groups is 2. The van der Waals surface area contributed by atoms with Crippen molar-refractivity contribution in [2.45, 2.75) is 6.92 Å². The van der Waals surface area contributed by atoms with E-state index in [1.54, 1.807) is 17.0 Å². The van der Waals surface area contributed by atoms with E-state index < -0.39 is 0 Å². The summed E-state index contributed by atoms with van der Waals surface area (Å²) in [6, 6.07) is 7.21. The molecule has 0 atom stereocenters. The number of nitrogens with one attached hydrogen (secondary N) is 1. The van der Waals surface area contributed by atoms with Gasteiger partial charge >= 0.3 is 0 Å². The highest BCUT2D eigenvalue weighted by Gasteiger charge is 2.12. The average molecular weight is 282 g/mol. The molecule has 0 saturated carbocycles. The van der Waals surface area contributed by atoms with Crippen LogP contribution in [0.15, 0.2) is 24.3 Å². The maximum absolute atomic E-state index is 12.0. The number of rotatable bonds is 9. The molecule has 0 bridgehead atoms. The predicted octanol–water partition coefficient (Wildman–Crippen LogP) is 0.310. The van der Waals surface area contributed by atoms with Gasteiger partial charge < -0.3 is 20.3 Å². The van der Waals surface area contributed by atoms with Gasteiger partial charge in [-0.3, -0.25) is 9.69 Å². The van der Waals surface area contributed by atoms with Gasteiger partial charge in [-0.1, -0.05) is 12.1 Å². The van der Waals surface area contributed by atoms with Crippen LogP contribution in [0.3, 0.4) is 0 Å². The van der Waals surface area contributed by atoms with Gasteiger partial charge in [0.25, 0.3) is 0 Å². The molecule has 1 aromatic carbocycles. The molecular weight excluding hydrogens is 260 g/mol. The molecule has 0 unspecified atom stereocenters. The highest BCUT2D eigenvalue weighted by atomic mass is 16.5. The van der Waals surface area contributed by atoms with Crippen molar-refractivity contribution in [2.75, 3.05) is 44.8 Å². The molecule has 3 N–H and O–H groups in total. The van der Waals surface area contributed by atoms with Gasteiger partial charge in [-0.15, -0.1) is 0 Å². The summed E-state index contributed by atoms with van der Waals surface area (Å²) in [6.07, 6.45) is 0. The van der Waals surface area contributed by atoms with Crippen molar-refractivity contribution in [2.24, 2.45) is 0 Å². The van der Waals surface area contributed by atoms with Crippen LogP contribution in [0.2, 0.25) is 0 Å². The number of anilines is 1. The summed E-state index contributed by atoms with van der Waals surface area (Å²) in [5.41, 5.74) is 0.618. The van der Waals surface area contributed by atoms with Crippen molar-refractivity contribution in [3.63, 3.8) is 0 Å². The Kier molecular flexibility index (Phi) is 7.64. The zero-order valence-electron chi connectivity index (χ0n) is 11.7. The van der Waals surface area contributed by atoms with Crippen LogP contribution in [0.1, 0.15) is 6.92 Å². The van der Waals surface area contributed by atoms with Crippen LogP contribution in [-0.2, 0) is 4.79 Å². The quantitative estimate of drug-likeness (QED) is 0.607. The Bertz CT molecular complexity index is 406. The normalized spacial score (nSPS) is 10.6. The van der Waals surface area contributed by atoms with E-state index in [0.29, 0.717) is 31.1 Å². The number of para-hydroxylation sites is 2. The fourth-order valence-electron chi connectivity index (χ4n) is 1.80. The van der Waals surface area contributed by atoms with Gasteiger partial charge in [-0.25, -0.2) is 0 Å². The molecular formula is C14H22N2O4. The topological polar surface area (TPSA) is 82.0 Å². The number of ether oxygens (including phenoxy) is 1. The Morgan fingerprint density at radius 1 is 1.25 bits per heavy atom. The second kappa shape index (κ2) is 9.30. The maximum atomic E-state index is 12.0. The standard InChI is InChI=1S/C14H22N2O4/c1-2-20-13-6-4-3-5-12(13)15-14(19)11-16(7-9-17)8-10-18/h3-6,17-18H,2,7-11H2,1H3,(H,15,19). The lowest BCUT2D eigenvalue weighted by atomic mass is 10.3. The monoisotopic (exact) mass is 282 g/mol. The summed E-state index contributed by atoms with van der Waals surface area (Å²) in [4.78, 5) is 13.6. The third-order valence-corrected chi connectivity index (χ3v) is 2.66. The molecule has 112 valence electrons. The molecule has 0 aliphatic heterocycles. The highest BCUT2D eigenvalue weighted by molar-refractivity contribution is 5.93. The van der Waals surface area contributed by atoms with E-state index in [9.17, 15) is 4.79 Å². The molecule has 0 spiro atoms. The van der Waals surface area contributed by atoms with Crippen molar-refractivity contribution in [1.82, 2.24) is 4.90 Å². The number of carbonyl (C=O) groups is 1. The second-order valence-electron chi connectivity index (χ2n) is 4.20. The van der Waals surface area contributed by atoms with Gasteiger partial charge in [0.2, 0.25) is 5.91 Å². The number of hydrogen-bond donors (Lipinski definition) is 3. The molecule has 6 heteroatoms. The number of hydrogen-bond acceptors (Lipinski definition) is 5. The molecule has 1 aromatic rings. The summed E-state index contributed by atoms with van der Waals surface area (Å²) in [5.74, 6) is 0.415. The Balaban J connectivity index is 2.60. The van der Waals surface area contributed by atoms with Crippen LogP contribution < -0.4 is 10.1 Å². The highest BCUT2D eigenvalue weighted by Crippen LogP contribution is 2.23. The first-order valence-electron chi connectivity index (χ1n) is 6.67. The Morgan fingerprint density at radius 3 is 2.50 bits per heavy atom. The fourth-order valence-corrected chi connectivity index (χ4v) is 1.80. The smallest absolute Gasteiger partial charge is 0.238 e. The van der Waals surface area contributed by atoms with Crippen LogP contribution in [0, 0.1) is 0 Å². The SMILES string of the molecule is CCOc1ccccc1NC(=O)CN(CCO)CCO. The third kappa shape index (κ3) is 5.56. The minimum Gasteiger partial charge on any atom is -0.492 e. The second-order valence-corrected chi connectivity index (χ2v) is 4.20. The first kappa shape index (κ1) is 16.4. The van der Waals surface area contributed by atoms with E-state index >= 15 is 0 Å². The predicted molar refractivity (Wildman–Crippen MR) is 76.9 cm³/mol. The molecule has 1 rings (SSSR count). The molecule has 0 aromatic heterocycles. The van der Waals surface area contributed by atoms with Crippen molar-refractivity contribution in [3.8, 4) is 5.75 Å². The molecule has 0 radical (unpaired) electrons. The van der Waals surface area contributed by atoms with Crippen LogP contribution in [0.4, 0.5) is 5.69 Å². The summed E-state index contributed by atoms with van der Waals surface area (Å²) >= 11 is 0. The van der Waals surface area contributed by atoms with Gasteiger partial charge in [-0.05, 0) is 19.1 Å². The first-order valence-corrected chi connectivity index (χ1v) is 6.67. The molecule has 0 aliphatic carbocycles. The van der Waals surface area contributed by atoms with Crippen molar-refractivity contribution in [3.05, 3.63) is 24.3 Å². The lowest BCUT2D eigenvalue weighted by Gasteiger charge is -2.20. The van der Waals surface area contributed by atoms with Gasteiger partial charge in [0.1, 0.15) is 5.75 Å². The molecule has 1 amide bonds. The van der Waals surface area contributed by atoms with Gasteiger partial charge in [-0.2, -0.15) is 0 Å². The zero-order valence-corrected chi connectivity index (χ0v) is 11.7. The third-order valence-electron chi connectivity index (χ3n) is 2.66. The maximum Gasteiger partial charge on any atom is 0.238 e. The molecule has 20 heavy (non-hydrogen) atoms. The van der Waals surface area contributed by atoms with Crippen molar-refractivity contribution < 1.29 is 19.7 Å². The zero-order chi connectivity index (χ0) is 14.8. The van der Waals surface area contributed by atoms with E-state index in [4.69, 9.17) is 14.9 Å². The van der Waals surface area contributed by atoms with E-state index in [2.05, 4.69) is 5.32 Å². The fraction of sp³-hybridized carbons (Fsp3) is 0.500. The van der Waals surface area contributed by atoms with E-state index in [0.717, 1.165) is 0 Å². The van der Waals surface area contributed by atoms with Crippen LogP contribution >= 0.6 is 0 Å². The minimum absolute atomic E-state index is 0.0528. The van der Waals surface area contributed by atoms with Crippen LogP contribution in [0.25, 0.3) is 0 Å². The molecule has 0 fully saturated rings. The Morgan fingerprint density at radius 2 is 1.90 bits per heavy atom. The van der Waals surface area contributed by atoms with E-state index in [1.165, 1.54) is 0 Å². The average Bonchev–Trinajstić information content (AvgIpc) is 2.42. The van der Waals surface area contributed by atoms with Gasteiger partial charge in [0.15, 0.2) is 0 Å². The first-order chi connectivity index (χ1) is 9.71. The number of benzene rings is 1. The number of carbonyl (C=O) groups excluding carboxylic acids is 1. The Labute approximate surface area is 119 Å². The summed E-state index contributed by atoms with van der Waals surface area (Å²) in [7, 11) is 0. The molecule has 0 aliphatic rings. The minimum atomic E-state index is -0.209. The summed E-state index contributed by atoms with van der Waals surface area (Å²) in [6.45, 7) is 3.10. The molecule has 6 nitrogen and oxygen atoms in total. The van der Waals surface area contributed by atoms with E-state index in [1.807, 2.05) is 19.1 Å². The number of nitrogens with zero attached hydrogens (tertiary/aromatic N) is 1. The number of amides is 1. The lowest BCUT2D eigenvalue weighted by Crippen LogP contribution is -2.37. The van der Waals surface area contributed by atoms with Crippen LogP contribution in [0.5, 0.6) is 5.75 Å². The molecule has 0 heterocycles. The molecule has 0 saturated heterocycles. The van der Waals surface area contributed by atoms with E-state index in [-0.39, 0.29) is 25.7 Å².